The Hall–Kier alpha value is -4.59. The fraction of sp³-hybridized carbons (Fsp3) is 0.207. The normalized spacial score (nSPS) is 13.4. The van der Waals surface area contributed by atoms with Gasteiger partial charge < -0.3 is 24.3 Å². The Morgan fingerprint density at radius 3 is 1.73 bits per heavy atom. The molecule has 0 atom stereocenters. The van der Waals surface area contributed by atoms with Crippen molar-refractivity contribution in [2.24, 2.45) is 0 Å². The molecule has 0 aromatic heterocycles. The maximum atomic E-state index is 13.0. The van der Waals surface area contributed by atoms with Gasteiger partial charge in [-0.1, -0.05) is 37.4 Å². The molecule has 0 bridgehead atoms. The van der Waals surface area contributed by atoms with Crippen LogP contribution in [0.2, 0.25) is 0 Å². The number of methoxy groups -OCH3 is 1. The molecule has 2 aromatic rings. The number of allylic oxidation sites excluding steroid dienone is 2. The van der Waals surface area contributed by atoms with Crippen LogP contribution in [-0.2, 0) is 19.1 Å². The minimum atomic E-state index is -0.776. The summed E-state index contributed by atoms with van der Waals surface area (Å²) in [5, 5.41) is 3.09. The zero-order valence-electron chi connectivity index (χ0n) is 21.0. The van der Waals surface area contributed by atoms with Gasteiger partial charge in [-0.25, -0.2) is 14.4 Å². The molecule has 8 nitrogen and oxygen atoms in total. The van der Waals surface area contributed by atoms with Crippen LogP contribution in [0.25, 0.3) is 0 Å². The number of nitrogens with one attached hydrogen (secondary N) is 1. The Balaban J connectivity index is 1.94. The van der Waals surface area contributed by atoms with E-state index in [2.05, 4.69) is 18.5 Å². The minimum Gasteiger partial charge on any atom is -0.497 e. The topological polar surface area (TPSA) is 100 Å². The lowest BCUT2D eigenvalue weighted by molar-refractivity contribution is -0.138. The third kappa shape index (κ3) is 6.35. The summed E-state index contributed by atoms with van der Waals surface area (Å²) in [6.07, 6.45) is 2.93. The molecule has 1 heterocycles. The Kier molecular flexibility index (Phi) is 9.05. The van der Waals surface area contributed by atoms with Crippen molar-refractivity contribution in [2.45, 2.75) is 19.8 Å². The lowest BCUT2D eigenvalue weighted by Gasteiger charge is -2.30. The molecule has 0 saturated carbocycles. The molecule has 0 unspecified atom stereocenters. The van der Waals surface area contributed by atoms with Crippen LogP contribution in [0, 0.1) is 0 Å². The largest absolute Gasteiger partial charge is 0.497 e. The van der Waals surface area contributed by atoms with Crippen LogP contribution in [-0.4, -0.2) is 38.2 Å². The number of dihydropyridines is 1. The average molecular weight is 504 g/mol. The molecule has 0 radical (unpaired) electrons. The molecule has 3 rings (SSSR count). The van der Waals surface area contributed by atoms with Gasteiger partial charge in [0.15, 0.2) is 0 Å². The summed E-state index contributed by atoms with van der Waals surface area (Å²) in [7, 11) is 1.54. The van der Waals surface area contributed by atoms with Crippen molar-refractivity contribution in [3.05, 3.63) is 108 Å². The van der Waals surface area contributed by atoms with Crippen molar-refractivity contribution in [3.63, 3.8) is 0 Å². The van der Waals surface area contributed by atoms with Gasteiger partial charge in [0.1, 0.15) is 24.7 Å². The van der Waals surface area contributed by atoms with Crippen molar-refractivity contribution in [2.75, 3.05) is 20.3 Å². The molecule has 0 saturated heterocycles. The first-order valence-corrected chi connectivity index (χ1v) is 11.5. The van der Waals surface area contributed by atoms with E-state index in [1.165, 1.54) is 12.2 Å². The minimum absolute atomic E-state index is 0.0154. The first-order valence-electron chi connectivity index (χ1n) is 11.5. The number of ether oxygens (including phenoxy) is 4. The van der Waals surface area contributed by atoms with Gasteiger partial charge in [0.25, 0.3) is 0 Å². The number of esters is 3. The number of carbonyl (C=O) groups excluding carboxylic acids is 3. The van der Waals surface area contributed by atoms with E-state index < -0.39 is 23.8 Å². The van der Waals surface area contributed by atoms with Gasteiger partial charge in [-0.2, -0.15) is 0 Å². The molecular weight excluding hydrogens is 474 g/mol. The fourth-order valence-electron chi connectivity index (χ4n) is 3.91. The quantitative estimate of drug-likeness (QED) is 0.285. The van der Waals surface area contributed by atoms with Gasteiger partial charge in [-0.3, -0.25) is 0 Å². The van der Waals surface area contributed by atoms with Crippen LogP contribution in [0.5, 0.6) is 11.5 Å². The standard InChI is InChI=1S/C29H29NO7/c1-6-16-35-28(32)24-18(3)30-19(4)25(29(33)36-17-7-2)26(24)20-8-14-23(15-9-20)37-27(31)21-10-12-22(34-5)13-11-21/h6-15,26,30H,1-2,16-17H2,3-5H3. The molecule has 1 aliphatic rings. The van der Waals surface area contributed by atoms with E-state index >= 15 is 0 Å². The van der Waals surface area contributed by atoms with E-state index in [9.17, 15) is 14.4 Å². The summed E-state index contributed by atoms with van der Waals surface area (Å²) < 4.78 is 21.2. The summed E-state index contributed by atoms with van der Waals surface area (Å²) in [6.45, 7) is 10.7. The molecule has 1 N–H and O–H groups in total. The second-order valence-electron chi connectivity index (χ2n) is 8.10. The highest BCUT2D eigenvalue weighted by Crippen LogP contribution is 2.39. The Morgan fingerprint density at radius 1 is 0.784 bits per heavy atom. The first kappa shape index (κ1) is 27.0. The monoisotopic (exact) mass is 503 g/mol. The van der Waals surface area contributed by atoms with Gasteiger partial charge in [0, 0.05) is 11.4 Å². The Labute approximate surface area is 215 Å². The number of hydrogen-bond acceptors (Lipinski definition) is 8. The molecule has 1 aliphatic heterocycles. The molecule has 2 aromatic carbocycles. The van der Waals surface area contributed by atoms with Crippen LogP contribution in [0.15, 0.2) is 96.4 Å². The smallest absolute Gasteiger partial charge is 0.343 e. The average Bonchev–Trinajstić information content (AvgIpc) is 2.90. The third-order valence-electron chi connectivity index (χ3n) is 5.61. The van der Waals surface area contributed by atoms with Crippen molar-refractivity contribution < 1.29 is 33.3 Å². The summed E-state index contributed by atoms with van der Waals surface area (Å²) in [5.74, 6) is -1.57. The summed E-state index contributed by atoms with van der Waals surface area (Å²) in [5.41, 5.74) is 2.60. The van der Waals surface area contributed by atoms with Gasteiger partial charge in [0.2, 0.25) is 0 Å². The molecule has 8 heteroatoms. The van der Waals surface area contributed by atoms with Crippen molar-refractivity contribution in [1.82, 2.24) is 5.32 Å². The van der Waals surface area contributed by atoms with E-state index in [0.717, 1.165) is 0 Å². The number of carbonyl (C=O) groups is 3. The third-order valence-corrected chi connectivity index (χ3v) is 5.61. The Bertz CT molecular complexity index is 1210. The van der Waals surface area contributed by atoms with Crippen LogP contribution < -0.4 is 14.8 Å². The second kappa shape index (κ2) is 12.4. The Morgan fingerprint density at radius 2 is 1.27 bits per heavy atom. The van der Waals surface area contributed by atoms with Crippen molar-refractivity contribution in [3.8, 4) is 11.5 Å². The van der Waals surface area contributed by atoms with E-state index in [1.54, 1.807) is 69.5 Å². The number of rotatable bonds is 10. The van der Waals surface area contributed by atoms with E-state index in [4.69, 9.17) is 18.9 Å². The highest BCUT2D eigenvalue weighted by Gasteiger charge is 2.38. The van der Waals surface area contributed by atoms with E-state index in [-0.39, 0.29) is 24.4 Å². The van der Waals surface area contributed by atoms with Crippen molar-refractivity contribution in [1.29, 1.82) is 0 Å². The van der Waals surface area contributed by atoms with Crippen LogP contribution >= 0.6 is 0 Å². The van der Waals surface area contributed by atoms with Gasteiger partial charge >= 0.3 is 17.9 Å². The molecule has 0 fully saturated rings. The molecule has 192 valence electrons. The van der Waals surface area contributed by atoms with Gasteiger partial charge in [0.05, 0.1) is 29.7 Å². The summed E-state index contributed by atoms with van der Waals surface area (Å²) >= 11 is 0. The maximum Gasteiger partial charge on any atom is 0.343 e. The van der Waals surface area contributed by atoms with Crippen LogP contribution in [0.3, 0.4) is 0 Å². The molecule has 37 heavy (non-hydrogen) atoms. The maximum absolute atomic E-state index is 13.0. The first-order chi connectivity index (χ1) is 17.8. The van der Waals surface area contributed by atoms with Gasteiger partial charge in [-0.05, 0) is 55.8 Å². The molecule has 0 amide bonds. The molecular formula is C29H29NO7. The highest BCUT2D eigenvalue weighted by molar-refractivity contribution is 6.00. The van der Waals surface area contributed by atoms with Crippen LogP contribution in [0.1, 0.15) is 35.7 Å². The van der Waals surface area contributed by atoms with E-state index in [0.29, 0.717) is 34.0 Å². The van der Waals surface area contributed by atoms with Gasteiger partial charge in [-0.15, -0.1) is 0 Å². The summed E-state index contributed by atoms with van der Waals surface area (Å²) in [4.78, 5) is 38.6. The molecule has 0 aliphatic carbocycles. The van der Waals surface area contributed by atoms with Crippen molar-refractivity contribution >= 4 is 17.9 Å². The lowest BCUT2D eigenvalue weighted by atomic mass is 9.80. The number of hydrogen-bond donors (Lipinski definition) is 1. The fourth-order valence-corrected chi connectivity index (χ4v) is 3.91. The molecule has 0 spiro atoms. The van der Waals surface area contributed by atoms with Crippen LogP contribution in [0.4, 0.5) is 0 Å². The zero-order chi connectivity index (χ0) is 26.9. The summed E-state index contributed by atoms with van der Waals surface area (Å²) in [6, 6.07) is 13.1. The number of benzene rings is 2. The van der Waals surface area contributed by atoms with E-state index in [1.807, 2.05) is 0 Å². The highest BCUT2D eigenvalue weighted by atomic mass is 16.5. The lowest BCUT2D eigenvalue weighted by Crippen LogP contribution is -2.32. The zero-order valence-corrected chi connectivity index (χ0v) is 21.0. The predicted octanol–water partition coefficient (Wildman–Crippen LogP) is 4.61. The predicted molar refractivity (Wildman–Crippen MR) is 138 cm³/mol. The SMILES string of the molecule is C=CCOC(=O)C1=C(C)NC(C)=C(C(=O)OCC=C)C1c1ccc(OC(=O)c2ccc(OC)cc2)cc1. The second-order valence-corrected chi connectivity index (χ2v) is 8.10.